The van der Waals surface area contributed by atoms with Crippen LogP contribution in [0.4, 0.5) is 0 Å². The number of rotatable bonds is 1. The van der Waals surface area contributed by atoms with E-state index in [1.165, 1.54) is 44.9 Å². The Morgan fingerprint density at radius 2 is 1.81 bits per heavy atom. The zero-order valence-corrected chi connectivity index (χ0v) is 17.4. The summed E-state index contributed by atoms with van der Waals surface area (Å²) < 4.78 is 5.53. The van der Waals surface area contributed by atoms with E-state index in [-0.39, 0.29) is 11.3 Å². The summed E-state index contributed by atoms with van der Waals surface area (Å²) in [5.41, 5.74) is 1.68. The average Bonchev–Trinajstić information content (AvgIpc) is 3.07. The Morgan fingerprint density at radius 3 is 2.59 bits per heavy atom. The highest BCUT2D eigenvalue weighted by Gasteiger charge is 2.59. The minimum Gasteiger partial charge on any atom is -0.378 e. The molecule has 27 heavy (non-hydrogen) atoms. The summed E-state index contributed by atoms with van der Waals surface area (Å²) in [4.78, 5) is 17.6. The second-order valence-electron chi connectivity index (χ2n) is 10.5. The summed E-state index contributed by atoms with van der Waals surface area (Å²) in [7, 11) is 2.06. The van der Waals surface area contributed by atoms with E-state index in [9.17, 15) is 4.79 Å². The summed E-state index contributed by atoms with van der Waals surface area (Å²) in [5, 5.41) is 0. The van der Waals surface area contributed by atoms with Crippen molar-refractivity contribution in [1.82, 2.24) is 9.80 Å². The standard InChI is InChI=1S/C23H36N2O2/c1-22-9-4-5-17(22)16-6-7-20-23(2,18(16)8-10-22)15-19(21(26)24(20)3)25-11-13-27-14-12-25/h15-18,20H,4-14H2,1-3H3/t16-,17-,18+,20?,22-,23+/m0/s1. The fraction of sp³-hybridized carbons (Fsp3) is 0.870. The third-order valence-electron chi connectivity index (χ3n) is 9.32. The molecule has 4 fully saturated rings. The van der Waals surface area contributed by atoms with Crippen molar-refractivity contribution in [2.45, 2.75) is 64.8 Å². The molecule has 2 aliphatic heterocycles. The van der Waals surface area contributed by atoms with Gasteiger partial charge in [-0.25, -0.2) is 0 Å². The number of fused-ring (bicyclic) bond motifs is 5. The largest absolute Gasteiger partial charge is 0.378 e. The van der Waals surface area contributed by atoms with Gasteiger partial charge in [0, 0.05) is 31.6 Å². The zero-order valence-electron chi connectivity index (χ0n) is 17.4. The molecule has 4 heteroatoms. The molecule has 5 aliphatic rings. The number of likely N-dealkylation sites (N-methyl/N-ethyl adjacent to an activating group) is 1. The van der Waals surface area contributed by atoms with Gasteiger partial charge < -0.3 is 14.5 Å². The van der Waals surface area contributed by atoms with Gasteiger partial charge in [0.25, 0.3) is 5.91 Å². The van der Waals surface area contributed by atoms with Crippen LogP contribution in [-0.4, -0.2) is 55.1 Å². The summed E-state index contributed by atoms with van der Waals surface area (Å²) in [5.74, 6) is 2.74. The fourth-order valence-electron chi connectivity index (χ4n) is 7.89. The predicted octanol–water partition coefficient (Wildman–Crippen LogP) is 3.68. The minimum atomic E-state index is 0.128. The van der Waals surface area contributed by atoms with Crippen molar-refractivity contribution < 1.29 is 9.53 Å². The maximum atomic E-state index is 13.2. The van der Waals surface area contributed by atoms with Crippen LogP contribution in [0.25, 0.3) is 0 Å². The van der Waals surface area contributed by atoms with Crippen LogP contribution in [0.2, 0.25) is 0 Å². The number of carbonyl (C=O) groups is 1. The molecule has 5 rings (SSSR count). The number of hydrogen-bond donors (Lipinski definition) is 0. The third-order valence-corrected chi connectivity index (χ3v) is 9.32. The molecule has 3 saturated carbocycles. The molecule has 4 nitrogen and oxygen atoms in total. The average molecular weight is 373 g/mol. The van der Waals surface area contributed by atoms with Gasteiger partial charge in [-0.1, -0.05) is 20.3 Å². The first-order valence-electron chi connectivity index (χ1n) is 11.3. The van der Waals surface area contributed by atoms with Crippen LogP contribution in [0.5, 0.6) is 0 Å². The first-order chi connectivity index (χ1) is 12.9. The maximum Gasteiger partial charge on any atom is 0.269 e. The van der Waals surface area contributed by atoms with Gasteiger partial charge >= 0.3 is 0 Å². The lowest BCUT2D eigenvalue weighted by molar-refractivity contribution is -0.142. The molecule has 1 unspecified atom stereocenters. The smallest absolute Gasteiger partial charge is 0.269 e. The maximum absolute atomic E-state index is 13.2. The van der Waals surface area contributed by atoms with Gasteiger partial charge in [0.05, 0.1) is 18.9 Å². The molecule has 0 radical (unpaired) electrons. The van der Waals surface area contributed by atoms with Crippen molar-refractivity contribution in [1.29, 1.82) is 0 Å². The Hall–Kier alpha value is -1.03. The molecule has 3 aliphatic carbocycles. The molecule has 0 spiro atoms. The molecular weight excluding hydrogens is 336 g/mol. The SMILES string of the molecule is CN1C(=O)C(N2CCOCC2)=C[C@@]2(C)C1CC[C@@H]1[C@H]2CC[C@]2(C)CCC[C@@H]12. The van der Waals surface area contributed by atoms with Gasteiger partial charge in [-0.3, -0.25) is 4.79 Å². The number of amides is 1. The van der Waals surface area contributed by atoms with E-state index in [1.54, 1.807) is 0 Å². The topological polar surface area (TPSA) is 32.8 Å². The summed E-state index contributed by atoms with van der Waals surface area (Å²) in [6.45, 7) is 8.22. The normalized spacial score (nSPS) is 47.2. The molecule has 0 aromatic heterocycles. The van der Waals surface area contributed by atoms with Crippen molar-refractivity contribution in [3.05, 3.63) is 11.8 Å². The first kappa shape index (κ1) is 18.0. The van der Waals surface area contributed by atoms with Crippen molar-refractivity contribution >= 4 is 5.91 Å². The van der Waals surface area contributed by atoms with Crippen molar-refractivity contribution in [2.24, 2.45) is 28.6 Å². The molecule has 0 aromatic rings. The second-order valence-corrected chi connectivity index (χ2v) is 10.5. The van der Waals surface area contributed by atoms with Gasteiger partial charge in [0.2, 0.25) is 0 Å². The van der Waals surface area contributed by atoms with E-state index in [0.29, 0.717) is 11.5 Å². The lowest BCUT2D eigenvalue weighted by Gasteiger charge is -2.60. The van der Waals surface area contributed by atoms with Crippen LogP contribution in [0, 0.1) is 28.6 Å². The van der Waals surface area contributed by atoms with Gasteiger partial charge in [-0.15, -0.1) is 0 Å². The monoisotopic (exact) mass is 372 g/mol. The van der Waals surface area contributed by atoms with E-state index in [0.717, 1.165) is 49.8 Å². The quantitative estimate of drug-likeness (QED) is 0.704. The Labute approximate surface area is 164 Å². The van der Waals surface area contributed by atoms with E-state index in [2.05, 4.69) is 36.8 Å². The van der Waals surface area contributed by atoms with Gasteiger partial charge in [0.1, 0.15) is 0 Å². The second kappa shape index (κ2) is 6.23. The highest BCUT2D eigenvalue weighted by atomic mass is 16.5. The molecule has 0 aromatic carbocycles. The first-order valence-corrected chi connectivity index (χ1v) is 11.3. The Balaban J connectivity index is 1.52. The molecule has 2 heterocycles. The number of morpholine rings is 1. The lowest BCUT2D eigenvalue weighted by atomic mass is 9.48. The van der Waals surface area contributed by atoms with Gasteiger partial charge in [-0.2, -0.15) is 0 Å². The predicted molar refractivity (Wildman–Crippen MR) is 106 cm³/mol. The van der Waals surface area contributed by atoms with Crippen LogP contribution >= 0.6 is 0 Å². The van der Waals surface area contributed by atoms with Gasteiger partial charge in [0.15, 0.2) is 0 Å². The van der Waals surface area contributed by atoms with E-state index in [4.69, 9.17) is 4.74 Å². The van der Waals surface area contributed by atoms with E-state index < -0.39 is 0 Å². The molecule has 0 N–H and O–H groups in total. The summed E-state index contributed by atoms with van der Waals surface area (Å²) in [6, 6.07) is 0.377. The van der Waals surface area contributed by atoms with Crippen LogP contribution in [0.3, 0.4) is 0 Å². The molecular formula is C23H36N2O2. The summed E-state index contributed by atoms with van der Waals surface area (Å²) >= 11 is 0. The Bertz CT molecular complexity index is 655. The molecule has 1 amide bonds. The van der Waals surface area contributed by atoms with Crippen LogP contribution < -0.4 is 0 Å². The Morgan fingerprint density at radius 1 is 1.04 bits per heavy atom. The van der Waals surface area contributed by atoms with Crippen molar-refractivity contribution in [3.8, 4) is 0 Å². The lowest BCUT2D eigenvalue weighted by Crippen LogP contribution is -2.61. The van der Waals surface area contributed by atoms with E-state index >= 15 is 0 Å². The van der Waals surface area contributed by atoms with Gasteiger partial charge in [-0.05, 0) is 67.8 Å². The number of nitrogens with zero attached hydrogens (tertiary/aromatic N) is 2. The number of carbonyl (C=O) groups excluding carboxylic acids is 1. The van der Waals surface area contributed by atoms with Crippen molar-refractivity contribution in [3.63, 3.8) is 0 Å². The van der Waals surface area contributed by atoms with Crippen LogP contribution in [0.1, 0.15) is 58.8 Å². The number of hydrogen-bond acceptors (Lipinski definition) is 3. The fourth-order valence-corrected chi connectivity index (χ4v) is 7.89. The van der Waals surface area contributed by atoms with Crippen LogP contribution in [0.15, 0.2) is 11.8 Å². The highest BCUT2D eigenvalue weighted by Crippen LogP contribution is 2.64. The van der Waals surface area contributed by atoms with E-state index in [1.807, 2.05) is 0 Å². The summed E-state index contributed by atoms with van der Waals surface area (Å²) in [6.07, 6.45) is 12.0. The molecule has 1 saturated heterocycles. The zero-order chi connectivity index (χ0) is 18.8. The molecule has 0 bridgehead atoms. The molecule has 6 atom stereocenters. The number of ether oxygens (including phenoxy) is 1. The van der Waals surface area contributed by atoms with Crippen molar-refractivity contribution in [2.75, 3.05) is 33.4 Å². The Kier molecular flexibility index (Phi) is 4.16. The molecule has 150 valence electrons. The third kappa shape index (κ3) is 2.54. The van der Waals surface area contributed by atoms with Crippen LogP contribution in [-0.2, 0) is 9.53 Å². The minimum absolute atomic E-state index is 0.128. The highest BCUT2D eigenvalue weighted by molar-refractivity contribution is 5.94.